The second-order valence-electron chi connectivity index (χ2n) is 6.37. The first kappa shape index (κ1) is 16.3. The van der Waals surface area contributed by atoms with Crippen LogP contribution in [0.4, 0.5) is 5.95 Å². The van der Waals surface area contributed by atoms with Crippen molar-refractivity contribution in [2.45, 2.75) is 19.9 Å². The summed E-state index contributed by atoms with van der Waals surface area (Å²) in [6.07, 6.45) is 0. The predicted molar refractivity (Wildman–Crippen MR) is 97.8 cm³/mol. The summed E-state index contributed by atoms with van der Waals surface area (Å²) in [6, 6.07) is 15.0. The molecule has 3 aromatic rings. The van der Waals surface area contributed by atoms with E-state index in [-0.39, 0.29) is 6.61 Å². The average Bonchev–Trinajstić information content (AvgIpc) is 2.99. The first-order valence-electron chi connectivity index (χ1n) is 8.61. The Hall–Kier alpha value is -3.15. The Labute approximate surface area is 150 Å². The lowest BCUT2D eigenvalue weighted by Crippen LogP contribution is -2.43. The van der Waals surface area contributed by atoms with Gasteiger partial charge in [0.05, 0.1) is 23.7 Å². The first-order chi connectivity index (χ1) is 12.6. The number of para-hydroxylation sites is 2. The molecule has 1 N–H and O–H groups in total. The van der Waals surface area contributed by atoms with Gasteiger partial charge in [-0.3, -0.25) is 14.9 Å². The zero-order chi connectivity index (χ0) is 18.3. The molecule has 0 saturated carbocycles. The zero-order valence-electron chi connectivity index (χ0n) is 14.6. The highest BCUT2D eigenvalue weighted by molar-refractivity contribution is 6.07. The number of anilines is 1. The van der Waals surface area contributed by atoms with Crippen LogP contribution in [0.15, 0.2) is 48.5 Å². The summed E-state index contributed by atoms with van der Waals surface area (Å²) in [4.78, 5) is 29.9. The van der Waals surface area contributed by atoms with Crippen molar-refractivity contribution in [2.75, 3.05) is 11.9 Å². The highest BCUT2D eigenvalue weighted by Gasteiger charge is 2.44. The fourth-order valence-corrected chi connectivity index (χ4v) is 3.47. The molecule has 1 aliphatic heterocycles. The number of nitrogens with zero attached hydrogens (tertiary/aromatic N) is 2. The van der Waals surface area contributed by atoms with Crippen molar-refractivity contribution in [1.82, 2.24) is 9.55 Å². The van der Waals surface area contributed by atoms with Crippen LogP contribution in [-0.4, -0.2) is 28.0 Å². The number of carbonyl (C=O) groups is 2. The number of aryl methyl sites for hydroxylation is 1. The summed E-state index contributed by atoms with van der Waals surface area (Å²) < 4.78 is 7.12. The Morgan fingerprint density at radius 3 is 2.65 bits per heavy atom. The summed E-state index contributed by atoms with van der Waals surface area (Å²) in [5, 5.41) is 2.76. The largest absolute Gasteiger partial charge is 0.465 e. The van der Waals surface area contributed by atoms with Gasteiger partial charge >= 0.3 is 5.97 Å². The fourth-order valence-electron chi connectivity index (χ4n) is 3.47. The van der Waals surface area contributed by atoms with E-state index in [0.29, 0.717) is 5.95 Å². The summed E-state index contributed by atoms with van der Waals surface area (Å²) in [6.45, 7) is 3.95. The molecule has 6 nitrogen and oxygen atoms in total. The van der Waals surface area contributed by atoms with Crippen molar-refractivity contribution in [2.24, 2.45) is 5.92 Å². The van der Waals surface area contributed by atoms with E-state index in [9.17, 15) is 9.59 Å². The van der Waals surface area contributed by atoms with Crippen LogP contribution < -0.4 is 5.32 Å². The Balaban J connectivity index is 1.95. The van der Waals surface area contributed by atoms with Crippen LogP contribution in [0.1, 0.15) is 24.1 Å². The number of aromatic nitrogens is 2. The van der Waals surface area contributed by atoms with Crippen LogP contribution in [0.2, 0.25) is 0 Å². The molecule has 26 heavy (non-hydrogen) atoms. The van der Waals surface area contributed by atoms with Gasteiger partial charge in [-0.1, -0.05) is 42.0 Å². The molecule has 0 radical (unpaired) electrons. The van der Waals surface area contributed by atoms with Crippen LogP contribution in [0, 0.1) is 12.8 Å². The number of amides is 1. The fraction of sp³-hybridized carbons (Fsp3) is 0.250. The average molecular weight is 349 g/mol. The lowest BCUT2D eigenvalue weighted by Gasteiger charge is -2.32. The Bertz CT molecular complexity index is 991. The first-order valence-corrected chi connectivity index (χ1v) is 8.61. The SMILES string of the molecule is CCOC(=O)[C@H]1C(=O)Nc2nc3ccccc3n2[C@H]1c1ccc(C)cc1. The quantitative estimate of drug-likeness (QED) is 0.583. The number of hydrogen-bond donors (Lipinski definition) is 1. The number of rotatable bonds is 3. The van der Waals surface area contributed by atoms with E-state index in [0.717, 1.165) is 22.2 Å². The number of imidazole rings is 1. The molecule has 0 unspecified atom stereocenters. The van der Waals surface area contributed by atoms with E-state index in [1.54, 1.807) is 6.92 Å². The highest BCUT2D eigenvalue weighted by Crippen LogP contribution is 2.38. The molecule has 4 rings (SSSR count). The molecule has 0 aliphatic carbocycles. The molecular weight excluding hydrogens is 330 g/mol. The topological polar surface area (TPSA) is 73.2 Å². The van der Waals surface area contributed by atoms with Gasteiger partial charge in [-0.05, 0) is 31.5 Å². The molecule has 2 aromatic carbocycles. The minimum absolute atomic E-state index is 0.223. The van der Waals surface area contributed by atoms with Crippen molar-refractivity contribution >= 4 is 28.9 Å². The zero-order valence-corrected chi connectivity index (χ0v) is 14.6. The van der Waals surface area contributed by atoms with E-state index in [2.05, 4.69) is 10.3 Å². The molecule has 6 heteroatoms. The lowest BCUT2D eigenvalue weighted by atomic mass is 9.90. The third-order valence-corrected chi connectivity index (χ3v) is 4.67. The number of hydrogen-bond acceptors (Lipinski definition) is 4. The molecule has 0 spiro atoms. The normalized spacial score (nSPS) is 19.1. The van der Waals surface area contributed by atoms with Gasteiger partial charge in [-0.25, -0.2) is 4.98 Å². The van der Waals surface area contributed by atoms with Gasteiger partial charge in [0.1, 0.15) is 0 Å². The molecule has 0 bridgehead atoms. The number of ether oxygens (including phenoxy) is 1. The second-order valence-corrected chi connectivity index (χ2v) is 6.37. The minimum atomic E-state index is -0.970. The molecule has 2 atom stereocenters. The van der Waals surface area contributed by atoms with Gasteiger partial charge in [0, 0.05) is 0 Å². The van der Waals surface area contributed by atoms with Crippen molar-refractivity contribution in [3.8, 4) is 0 Å². The number of fused-ring (bicyclic) bond motifs is 3. The smallest absolute Gasteiger partial charge is 0.321 e. The van der Waals surface area contributed by atoms with Gasteiger partial charge in [-0.2, -0.15) is 0 Å². The van der Waals surface area contributed by atoms with Crippen molar-refractivity contribution < 1.29 is 14.3 Å². The minimum Gasteiger partial charge on any atom is -0.465 e. The maximum atomic E-state index is 12.7. The summed E-state index contributed by atoms with van der Waals surface area (Å²) >= 11 is 0. The Kier molecular flexibility index (Phi) is 3.95. The maximum absolute atomic E-state index is 12.7. The van der Waals surface area contributed by atoms with Gasteiger partial charge < -0.3 is 9.30 Å². The third-order valence-electron chi connectivity index (χ3n) is 4.67. The highest BCUT2D eigenvalue weighted by atomic mass is 16.5. The van der Waals surface area contributed by atoms with Crippen molar-refractivity contribution in [3.05, 3.63) is 59.7 Å². The molecular formula is C20H19N3O3. The van der Waals surface area contributed by atoms with Crippen LogP contribution in [-0.2, 0) is 14.3 Å². The molecule has 1 aromatic heterocycles. The Morgan fingerprint density at radius 1 is 1.19 bits per heavy atom. The molecule has 0 saturated heterocycles. The van der Waals surface area contributed by atoms with Crippen LogP contribution >= 0.6 is 0 Å². The van der Waals surface area contributed by atoms with E-state index >= 15 is 0 Å². The molecule has 1 amide bonds. The van der Waals surface area contributed by atoms with E-state index in [1.165, 1.54) is 0 Å². The molecule has 2 heterocycles. The van der Waals surface area contributed by atoms with E-state index in [4.69, 9.17) is 4.74 Å². The molecule has 132 valence electrons. The molecule has 1 aliphatic rings. The number of esters is 1. The second kappa shape index (κ2) is 6.29. The number of carbonyl (C=O) groups excluding carboxylic acids is 2. The van der Waals surface area contributed by atoms with Gasteiger partial charge in [0.15, 0.2) is 5.92 Å². The van der Waals surface area contributed by atoms with Crippen molar-refractivity contribution in [3.63, 3.8) is 0 Å². The van der Waals surface area contributed by atoms with Crippen LogP contribution in [0.25, 0.3) is 11.0 Å². The van der Waals surface area contributed by atoms with Gasteiger partial charge in [0.2, 0.25) is 11.9 Å². The van der Waals surface area contributed by atoms with Crippen LogP contribution in [0.3, 0.4) is 0 Å². The molecule has 0 fully saturated rings. The summed E-state index contributed by atoms with van der Waals surface area (Å²) in [5.41, 5.74) is 3.61. The predicted octanol–water partition coefficient (Wildman–Crippen LogP) is 3.07. The maximum Gasteiger partial charge on any atom is 0.321 e. The standard InChI is InChI=1S/C20H19N3O3/c1-3-26-19(25)16-17(13-10-8-12(2)9-11-13)23-15-7-5-4-6-14(15)21-20(23)22-18(16)24/h4-11,16-17H,3H2,1-2H3,(H,21,22,24)/t16-,17+/m1/s1. The monoisotopic (exact) mass is 349 g/mol. The lowest BCUT2D eigenvalue weighted by molar-refractivity contribution is -0.152. The number of benzene rings is 2. The van der Waals surface area contributed by atoms with E-state index < -0.39 is 23.8 Å². The summed E-state index contributed by atoms with van der Waals surface area (Å²) in [7, 11) is 0. The van der Waals surface area contributed by atoms with Gasteiger partial charge in [0.25, 0.3) is 0 Å². The third kappa shape index (κ3) is 2.54. The van der Waals surface area contributed by atoms with Gasteiger partial charge in [-0.15, -0.1) is 0 Å². The Morgan fingerprint density at radius 2 is 1.92 bits per heavy atom. The van der Waals surface area contributed by atoms with Crippen molar-refractivity contribution in [1.29, 1.82) is 0 Å². The van der Waals surface area contributed by atoms with E-state index in [1.807, 2.05) is 60.0 Å². The number of nitrogens with one attached hydrogen (secondary N) is 1. The van der Waals surface area contributed by atoms with Crippen LogP contribution in [0.5, 0.6) is 0 Å². The summed E-state index contributed by atoms with van der Waals surface area (Å²) in [5.74, 6) is -1.44.